The summed E-state index contributed by atoms with van der Waals surface area (Å²) in [5, 5.41) is 11.4. The van der Waals surface area contributed by atoms with E-state index < -0.39 is 29.9 Å². The molecule has 0 fully saturated rings. The molecule has 0 rings (SSSR count). The van der Waals surface area contributed by atoms with E-state index in [4.69, 9.17) is 14.6 Å². The summed E-state index contributed by atoms with van der Waals surface area (Å²) in [6.07, 6.45) is 23.2. The molecule has 0 spiro atoms. The van der Waals surface area contributed by atoms with Gasteiger partial charge >= 0.3 is 17.9 Å². The van der Waals surface area contributed by atoms with Crippen LogP contribution in [0.1, 0.15) is 168 Å². The summed E-state index contributed by atoms with van der Waals surface area (Å²) in [4.78, 5) is 47.8. The second kappa shape index (κ2) is 29.4. The molecule has 0 bridgehead atoms. The largest absolute Gasteiger partial charge is 0.481 e. The molecule has 41 heavy (non-hydrogen) atoms. The van der Waals surface area contributed by atoms with Crippen LogP contribution in [0.15, 0.2) is 0 Å². The molecular formula is C33H61NO7. The molecule has 0 aliphatic rings. The summed E-state index contributed by atoms with van der Waals surface area (Å²) < 4.78 is 10.7. The fraction of sp³-hybridized carbons (Fsp3) is 0.879. The quantitative estimate of drug-likeness (QED) is 0.0648. The highest BCUT2D eigenvalue weighted by molar-refractivity contribution is 5.86. The fourth-order valence-electron chi connectivity index (χ4n) is 4.71. The van der Waals surface area contributed by atoms with Gasteiger partial charge in [0, 0.05) is 12.8 Å². The highest BCUT2D eigenvalue weighted by atomic mass is 16.5. The van der Waals surface area contributed by atoms with E-state index in [9.17, 15) is 19.2 Å². The minimum atomic E-state index is -1.09. The van der Waals surface area contributed by atoms with E-state index in [1.165, 1.54) is 89.9 Å². The van der Waals surface area contributed by atoms with Gasteiger partial charge in [0.1, 0.15) is 6.04 Å². The van der Waals surface area contributed by atoms with Gasteiger partial charge < -0.3 is 19.9 Å². The van der Waals surface area contributed by atoms with Crippen molar-refractivity contribution in [3.05, 3.63) is 0 Å². The van der Waals surface area contributed by atoms with Crippen LogP contribution in [0.3, 0.4) is 0 Å². The summed E-state index contributed by atoms with van der Waals surface area (Å²) in [7, 11) is 0. The number of carbonyl (C=O) groups is 4. The average Bonchev–Trinajstić information content (AvgIpc) is 2.95. The molecule has 0 radical (unpaired) electrons. The van der Waals surface area contributed by atoms with Crippen molar-refractivity contribution in [2.24, 2.45) is 0 Å². The van der Waals surface area contributed by atoms with Gasteiger partial charge in [-0.25, -0.2) is 4.79 Å². The average molecular weight is 584 g/mol. The number of carboxylic acids is 1. The number of hydrogen-bond donors (Lipinski definition) is 2. The van der Waals surface area contributed by atoms with Crippen molar-refractivity contribution in [2.45, 2.75) is 174 Å². The number of esters is 2. The third-order valence-corrected chi connectivity index (χ3v) is 7.33. The first-order valence-electron chi connectivity index (χ1n) is 16.7. The second-order valence-electron chi connectivity index (χ2n) is 11.3. The molecule has 240 valence electrons. The van der Waals surface area contributed by atoms with Gasteiger partial charge in [-0.1, -0.05) is 129 Å². The monoisotopic (exact) mass is 583 g/mol. The van der Waals surface area contributed by atoms with Crippen LogP contribution in [0.25, 0.3) is 0 Å². The van der Waals surface area contributed by atoms with Crippen molar-refractivity contribution in [2.75, 3.05) is 13.2 Å². The summed E-state index contributed by atoms with van der Waals surface area (Å²) in [5.41, 5.74) is 0. The zero-order chi connectivity index (χ0) is 30.4. The number of unbranched alkanes of at least 4 members (excludes halogenated alkanes) is 18. The number of nitrogens with one attached hydrogen (secondary N) is 1. The van der Waals surface area contributed by atoms with Crippen LogP contribution in [0.2, 0.25) is 0 Å². The molecule has 8 heteroatoms. The van der Waals surface area contributed by atoms with Gasteiger partial charge in [0.05, 0.1) is 19.6 Å². The Bertz CT molecular complexity index is 668. The van der Waals surface area contributed by atoms with Crippen LogP contribution in [0, 0.1) is 0 Å². The van der Waals surface area contributed by atoms with E-state index in [1.807, 2.05) is 0 Å². The lowest BCUT2D eigenvalue weighted by Crippen LogP contribution is -2.42. The smallest absolute Gasteiger partial charge is 0.328 e. The van der Waals surface area contributed by atoms with Crippen molar-refractivity contribution in [1.82, 2.24) is 5.32 Å². The van der Waals surface area contributed by atoms with Crippen molar-refractivity contribution in [3.8, 4) is 0 Å². The summed E-state index contributed by atoms with van der Waals surface area (Å²) in [5.74, 6) is -2.64. The molecule has 0 aromatic rings. The number of carboxylic acid groups (broad SMARTS) is 1. The lowest BCUT2D eigenvalue weighted by atomic mass is 10.1. The normalized spacial score (nSPS) is 11.7. The molecule has 0 saturated heterocycles. The first kappa shape index (κ1) is 38.9. The predicted molar refractivity (Wildman–Crippen MR) is 164 cm³/mol. The molecule has 0 saturated carbocycles. The third-order valence-electron chi connectivity index (χ3n) is 7.33. The Balaban J connectivity index is 4.20. The minimum absolute atomic E-state index is 0.0189. The molecule has 2 N–H and O–H groups in total. The standard InChI is InChI=1S/C33H61NO7/c1-3-5-7-9-11-13-15-17-19-21-27-40-32(38)26-23-29(34-30(35)24-25-31(36)37)33(39)41-28-22-20-18-16-14-12-10-8-6-4-2/h29H,3-28H2,1-2H3,(H,34,35)(H,36,37)/t29-/m0/s1. The van der Waals surface area contributed by atoms with Crippen molar-refractivity contribution < 1.29 is 33.8 Å². The topological polar surface area (TPSA) is 119 Å². The van der Waals surface area contributed by atoms with Crippen LogP contribution >= 0.6 is 0 Å². The molecule has 8 nitrogen and oxygen atoms in total. The first-order valence-corrected chi connectivity index (χ1v) is 16.7. The van der Waals surface area contributed by atoms with Crippen molar-refractivity contribution in [3.63, 3.8) is 0 Å². The van der Waals surface area contributed by atoms with E-state index in [1.54, 1.807) is 0 Å². The number of rotatable bonds is 30. The Hall–Kier alpha value is -2.12. The maximum atomic E-state index is 12.6. The Morgan fingerprint density at radius 2 is 0.976 bits per heavy atom. The van der Waals surface area contributed by atoms with Gasteiger partial charge in [-0.2, -0.15) is 0 Å². The summed E-state index contributed by atoms with van der Waals surface area (Å²) in [6.45, 7) is 5.06. The molecule has 0 aliphatic heterocycles. The lowest BCUT2D eigenvalue weighted by Gasteiger charge is -2.17. The van der Waals surface area contributed by atoms with Gasteiger partial charge in [0.25, 0.3) is 0 Å². The van der Waals surface area contributed by atoms with Crippen LogP contribution in [0.4, 0.5) is 0 Å². The molecule has 1 amide bonds. The molecule has 0 aromatic carbocycles. The first-order chi connectivity index (χ1) is 19.9. The molecule has 0 unspecified atom stereocenters. The SMILES string of the molecule is CCCCCCCCCCCCOC(=O)CC[C@H](NC(=O)CCC(=O)O)C(=O)OCCCCCCCCCCCC. The van der Waals surface area contributed by atoms with E-state index >= 15 is 0 Å². The van der Waals surface area contributed by atoms with Gasteiger partial charge in [-0.15, -0.1) is 0 Å². The molecule has 0 aliphatic carbocycles. The second-order valence-corrected chi connectivity index (χ2v) is 11.3. The number of amides is 1. The fourth-order valence-corrected chi connectivity index (χ4v) is 4.71. The Morgan fingerprint density at radius 1 is 0.561 bits per heavy atom. The number of ether oxygens (including phenoxy) is 2. The summed E-state index contributed by atoms with van der Waals surface area (Å²) >= 11 is 0. The van der Waals surface area contributed by atoms with E-state index in [0.29, 0.717) is 6.61 Å². The zero-order valence-electron chi connectivity index (χ0n) is 26.4. The van der Waals surface area contributed by atoms with Crippen molar-refractivity contribution >= 4 is 23.8 Å². The molecular weight excluding hydrogens is 522 g/mol. The number of carbonyl (C=O) groups excluding carboxylic acids is 3. The number of aliphatic carboxylic acids is 1. The molecule has 0 aromatic heterocycles. The van der Waals surface area contributed by atoms with Crippen LogP contribution < -0.4 is 5.32 Å². The zero-order valence-corrected chi connectivity index (χ0v) is 26.4. The predicted octanol–water partition coefficient (Wildman–Crippen LogP) is 8.04. The van der Waals surface area contributed by atoms with E-state index in [2.05, 4.69) is 19.2 Å². The Labute approximate surface area is 250 Å². The lowest BCUT2D eigenvalue weighted by molar-refractivity contribution is -0.149. The van der Waals surface area contributed by atoms with E-state index in [0.717, 1.165) is 38.5 Å². The highest BCUT2D eigenvalue weighted by Crippen LogP contribution is 2.12. The van der Waals surface area contributed by atoms with Crippen LogP contribution in [-0.2, 0) is 28.7 Å². The highest BCUT2D eigenvalue weighted by Gasteiger charge is 2.24. The Kier molecular flexibility index (Phi) is 27.9. The summed E-state index contributed by atoms with van der Waals surface area (Å²) in [6, 6.07) is -0.996. The molecule has 0 heterocycles. The van der Waals surface area contributed by atoms with Gasteiger partial charge in [-0.05, 0) is 19.3 Å². The maximum absolute atomic E-state index is 12.6. The van der Waals surface area contributed by atoms with Crippen LogP contribution in [-0.4, -0.2) is 48.2 Å². The van der Waals surface area contributed by atoms with Gasteiger partial charge in [-0.3, -0.25) is 14.4 Å². The minimum Gasteiger partial charge on any atom is -0.481 e. The Morgan fingerprint density at radius 3 is 1.41 bits per heavy atom. The van der Waals surface area contributed by atoms with Gasteiger partial charge in [0.2, 0.25) is 5.91 Å². The molecule has 1 atom stereocenters. The van der Waals surface area contributed by atoms with Crippen molar-refractivity contribution in [1.29, 1.82) is 0 Å². The van der Waals surface area contributed by atoms with Gasteiger partial charge in [0.15, 0.2) is 0 Å². The van der Waals surface area contributed by atoms with E-state index in [-0.39, 0.29) is 32.3 Å². The number of hydrogen-bond acceptors (Lipinski definition) is 6. The maximum Gasteiger partial charge on any atom is 0.328 e. The third kappa shape index (κ3) is 27.8. The van der Waals surface area contributed by atoms with Crippen LogP contribution in [0.5, 0.6) is 0 Å².